The first kappa shape index (κ1) is 10.6. The molecule has 0 saturated heterocycles. The molecule has 0 aliphatic carbocycles. The van der Waals surface area contributed by atoms with Crippen molar-refractivity contribution >= 4 is 23.2 Å². The van der Waals surface area contributed by atoms with Crippen LogP contribution in [0.4, 0.5) is 13.2 Å². The molecule has 0 N–H and O–H groups in total. The van der Waals surface area contributed by atoms with Gasteiger partial charge < -0.3 is 0 Å². The van der Waals surface area contributed by atoms with Gasteiger partial charge in [-0.3, -0.25) is 0 Å². The summed E-state index contributed by atoms with van der Waals surface area (Å²) >= 11 is 10.6. The Hall–Kier alpha value is -0.480. The number of alkyl halides is 3. The lowest BCUT2D eigenvalue weighted by Crippen LogP contribution is -1.97. The molecule has 13 heavy (non-hydrogen) atoms. The molecule has 0 atom stereocenters. The fourth-order valence-electron chi connectivity index (χ4n) is 0.763. The maximum absolute atomic E-state index is 12.9. The second-order valence-electron chi connectivity index (χ2n) is 2.23. The summed E-state index contributed by atoms with van der Waals surface area (Å²) in [5.41, 5.74) is -0.746. The maximum atomic E-state index is 12.9. The van der Waals surface area contributed by atoms with E-state index >= 15 is 0 Å². The van der Waals surface area contributed by atoms with Gasteiger partial charge in [-0.1, -0.05) is 11.6 Å². The summed E-state index contributed by atoms with van der Waals surface area (Å²) in [6.07, 6.45) is -2.83. The van der Waals surface area contributed by atoms with Crippen molar-refractivity contribution in [3.8, 4) is 0 Å². The molecule has 0 amide bonds. The Kier molecular flexibility index (Phi) is 3.39. The Balaban J connectivity index is 3.20. The number of pyridine rings is 1. The molecule has 0 aliphatic heterocycles. The lowest BCUT2D eigenvalue weighted by atomic mass is 10.2. The lowest BCUT2D eigenvalue weighted by molar-refractivity contribution is 0.150. The highest BCUT2D eigenvalue weighted by atomic mass is 35.5. The minimum atomic E-state index is -2.83. The van der Waals surface area contributed by atoms with Gasteiger partial charge in [-0.25, -0.2) is 18.2 Å². The van der Waals surface area contributed by atoms with E-state index in [1.807, 2.05) is 0 Å². The van der Waals surface area contributed by atoms with E-state index in [0.29, 0.717) is 6.07 Å². The first-order valence-corrected chi connectivity index (χ1v) is 4.16. The van der Waals surface area contributed by atoms with Crippen LogP contribution in [0.5, 0.6) is 0 Å². The molecule has 1 heterocycles. The highest BCUT2D eigenvalue weighted by Gasteiger charge is 2.16. The van der Waals surface area contributed by atoms with Gasteiger partial charge in [-0.15, -0.1) is 11.6 Å². The van der Waals surface area contributed by atoms with Crippen molar-refractivity contribution in [2.45, 2.75) is 12.3 Å². The van der Waals surface area contributed by atoms with Crippen LogP contribution >= 0.6 is 23.2 Å². The van der Waals surface area contributed by atoms with Gasteiger partial charge >= 0.3 is 0 Å². The van der Waals surface area contributed by atoms with Crippen LogP contribution in [-0.2, 0) is 5.88 Å². The second-order valence-corrected chi connectivity index (χ2v) is 2.86. The highest BCUT2D eigenvalue weighted by molar-refractivity contribution is 6.30. The predicted octanol–water partition coefficient (Wildman–Crippen LogP) is 3.55. The third-order valence-corrected chi connectivity index (χ3v) is 1.95. The quantitative estimate of drug-likeness (QED) is 0.559. The van der Waals surface area contributed by atoms with Crippen LogP contribution in [0.2, 0.25) is 5.15 Å². The average Bonchev–Trinajstić information content (AvgIpc) is 2.07. The van der Waals surface area contributed by atoms with Gasteiger partial charge in [0.25, 0.3) is 6.43 Å². The largest absolute Gasteiger partial charge is 0.266 e. The van der Waals surface area contributed by atoms with E-state index in [1.54, 1.807) is 0 Å². The van der Waals surface area contributed by atoms with Crippen LogP contribution in [0.25, 0.3) is 0 Å². The zero-order valence-electron chi connectivity index (χ0n) is 6.20. The molecule has 0 unspecified atom stereocenters. The smallest absolute Gasteiger partial charge is 0.236 e. The molecular formula is C7H4Cl2F3N. The van der Waals surface area contributed by atoms with Crippen molar-refractivity contribution in [3.63, 3.8) is 0 Å². The van der Waals surface area contributed by atoms with Crippen LogP contribution in [0, 0.1) is 5.82 Å². The number of hydrogen-bond donors (Lipinski definition) is 0. The summed E-state index contributed by atoms with van der Waals surface area (Å²) in [5, 5.41) is -0.410. The van der Waals surface area contributed by atoms with E-state index < -0.39 is 23.0 Å². The summed E-state index contributed by atoms with van der Waals surface area (Å²) < 4.78 is 37.1. The standard InChI is InChI=1S/C7H4Cl2F3N/c8-2-5-4(10)1-3(7(11)12)6(9)13-5/h1,7H,2H2. The Labute approximate surface area is 82.5 Å². The monoisotopic (exact) mass is 229 g/mol. The van der Waals surface area contributed by atoms with Crippen LogP contribution in [0.3, 0.4) is 0 Å². The molecule has 1 rings (SSSR count). The fraction of sp³-hybridized carbons (Fsp3) is 0.286. The fourth-order valence-corrected chi connectivity index (χ4v) is 1.19. The minimum Gasteiger partial charge on any atom is -0.236 e. The number of aromatic nitrogens is 1. The molecule has 0 bridgehead atoms. The number of hydrogen-bond acceptors (Lipinski definition) is 1. The average molecular weight is 230 g/mol. The zero-order chi connectivity index (χ0) is 10.0. The number of nitrogens with zero attached hydrogens (tertiary/aromatic N) is 1. The Morgan fingerprint density at radius 3 is 2.54 bits per heavy atom. The van der Waals surface area contributed by atoms with Gasteiger partial charge in [0.1, 0.15) is 11.0 Å². The van der Waals surface area contributed by atoms with E-state index in [2.05, 4.69) is 4.98 Å². The Bertz CT molecular complexity index is 317. The molecule has 72 valence electrons. The SMILES string of the molecule is Fc1cc(C(F)F)c(Cl)nc1CCl. The van der Waals surface area contributed by atoms with E-state index in [0.717, 1.165) is 0 Å². The first-order valence-electron chi connectivity index (χ1n) is 3.25. The van der Waals surface area contributed by atoms with Gasteiger partial charge in [0.15, 0.2) is 0 Å². The van der Waals surface area contributed by atoms with Crippen molar-refractivity contribution in [1.82, 2.24) is 4.98 Å². The van der Waals surface area contributed by atoms with Gasteiger partial charge in [-0.2, -0.15) is 0 Å². The topological polar surface area (TPSA) is 12.9 Å². The first-order chi connectivity index (χ1) is 6.06. The van der Waals surface area contributed by atoms with E-state index in [1.165, 1.54) is 0 Å². The van der Waals surface area contributed by atoms with Crippen LogP contribution in [-0.4, -0.2) is 4.98 Å². The molecule has 1 aromatic rings. The number of rotatable bonds is 2. The van der Waals surface area contributed by atoms with Gasteiger partial charge in [0.2, 0.25) is 0 Å². The lowest BCUT2D eigenvalue weighted by Gasteiger charge is -2.04. The van der Waals surface area contributed by atoms with Crippen molar-refractivity contribution < 1.29 is 13.2 Å². The molecule has 0 saturated carbocycles. The van der Waals surface area contributed by atoms with Gasteiger partial charge in [0.05, 0.1) is 17.1 Å². The van der Waals surface area contributed by atoms with Crippen molar-refractivity contribution in [1.29, 1.82) is 0 Å². The van der Waals surface area contributed by atoms with Crippen molar-refractivity contribution in [3.05, 3.63) is 28.3 Å². The van der Waals surface area contributed by atoms with E-state index in [-0.39, 0.29) is 11.6 Å². The van der Waals surface area contributed by atoms with Crippen LogP contribution in [0.1, 0.15) is 17.7 Å². The van der Waals surface area contributed by atoms with Crippen LogP contribution < -0.4 is 0 Å². The molecule has 0 aliphatic rings. The summed E-state index contributed by atoms with van der Waals surface area (Å²) in [5.74, 6) is -1.07. The zero-order valence-corrected chi connectivity index (χ0v) is 7.71. The summed E-state index contributed by atoms with van der Waals surface area (Å²) in [6, 6.07) is 0.651. The molecule has 0 spiro atoms. The van der Waals surface area contributed by atoms with Gasteiger partial charge in [-0.05, 0) is 6.07 Å². The summed E-state index contributed by atoms with van der Waals surface area (Å²) in [6.45, 7) is 0. The molecule has 0 aromatic carbocycles. The predicted molar refractivity (Wildman–Crippen MR) is 43.7 cm³/mol. The molecular weight excluding hydrogens is 226 g/mol. The van der Waals surface area contributed by atoms with Crippen molar-refractivity contribution in [2.75, 3.05) is 0 Å². The molecule has 0 radical (unpaired) electrons. The minimum absolute atomic E-state index is 0.129. The normalized spacial score (nSPS) is 10.9. The molecule has 0 fully saturated rings. The molecule has 6 heteroatoms. The van der Waals surface area contributed by atoms with Gasteiger partial charge in [0, 0.05) is 0 Å². The second kappa shape index (κ2) is 4.15. The summed E-state index contributed by atoms with van der Waals surface area (Å²) in [4.78, 5) is 3.39. The summed E-state index contributed by atoms with van der Waals surface area (Å²) in [7, 11) is 0. The molecule has 1 nitrogen and oxygen atoms in total. The third kappa shape index (κ3) is 2.25. The Morgan fingerprint density at radius 1 is 1.46 bits per heavy atom. The maximum Gasteiger partial charge on any atom is 0.266 e. The third-order valence-electron chi connectivity index (χ3n) is 1.39. The number of halogens is 5. The van der Waals surface area contributed by atoms with Crippen molar-refractivity contribution in [2.24, 2.45) is 0 Å². The van der Waals surface area contributed by atoms with E-state index in [9.17, 15) is 13.2 Å². The highest BCUT2D eigenvalue weighted by Crippen LogP contribution is 2.27. The van der Waals surface area contributed by atoms with Crippen LogP contribution in [0.15, 0.2) is 6.07 Å². The molecule has 1 aromatic heterocycles. The van der Waals surface area contributed by atoms with E-state index in [4.69, 9.17) is 23.2 Å². The Morgan fingerprint density at radius 2 is 2.08 bits per heavy atom.